The standard InChI is InChI=1S/C8H13Cl/c1-4-7(3)6-8(9)5-2/h4-5,8H,2,6H2,1,3H3/b7-4-. The molecule has 1 unspecified atom stereocenters. The van der Waals surface area contributed by atoms with Crippen LogP contribution in [0.5, 0.6) is 0 Å². The molecule has 1 atom stereocenters. The number of hydrogen-bond donors (Lipinski definition) is 0. The fourth-order valence-electron chi connectivity index (χ4n) is 0.509. The lowest BCUT2D eigenvalue weighted by Gasteiger charge is -2.01. The van der Waals surface area contributed by atoms with Gasteiger partial charge in [0.15, 0.2) is 0 Å². The maximum atomic E-state index is 5.78. The summed E-state index contributed by atoms with van der Waals surface area (Å²) in [6, 6.07) is 0. The second-order valence-electron chi connectivity index (χ2n) is 2.09. The third-order valence-electron chi connectivity index (χ3n) is 1.27. The summed E-state index contributed by atoms with van der Waals surface area (Å²) >= 11 is 5.78. The number of rotatable bonds is 3. The molecule has 0 amide bonds. The van der Waals surface area contributed by atoms with Gasteiger partial charge in [-0.05, 0) is 20.3 Å². The van der Waals surface area contributed by atoms with Gasteiger partial charge in [0, 0.05) is 0 Å². The first-order valence-corrected chi connectivity index (χ1v) is 3.52. The quantitative estimate of drug-likeness (QED) is 0.422. The topological polar surface area (TPSA) is 0 Å². The molecule has 9 heavy (non-hydrogen) atoms. The third kappa shape index (κ3) is 4.28. The first kappa shape index (κ1) is 8.77. The highest BCUT2D eigenvalue weighted by Crippen LogP contribution is 2.10. The Hall–Kier alpha value is -0.230. The minimum absolute atomic E-state index is 0.0983. The molecule has 0 bridgehead atoms. The minimum Gasteiger partial charge on any atom is -0.118 e. The van der Waals surface area contributed by atoms with E-state index in [0.29, 0.717) is 0 Å². The van der Waals surface area contributed by atoms with Crippen molar-refractivity contribution in [2.24, 2.45) is 0 Å². The van der Waals surface area contributed by atoms with E-state index in [1.54, 1.807) is 6.08 Å². The second-order valence-corrected chi connectivity index (χ2v) is 2.65. The van der Waals surface area contributed by atoms with Crippen molar-refractivity contribution in [2.75, 3.05) is 0 Å². The lowest BCUT2D eigenvalue weighted by molar-refractivity contribution is 0.984. The summed E-state index contributed by atoms with van der Waals surface area (Å²) in [6.45, 7) is 7.67. The van der Waals surface area contributed by atoms with E-state index in [0.717, 1.165) is 6.42 Å². The molecule has 52 valence electrons. The molecule has 0 aliphatic rings. The van der Waals surface area contributed by atoms with Crippen molar-refractivity contribution >= 4 is 11.6 Å². The van der Waals surface area contributed by atoms with Crippen LogP contribution < -0.4 is 0 Å². The van der Waals surface area contributed by atoms with E-state index < -0.39 is 0 Å². The lowest BCUT2D eigenvalue weighted by Crippen LogP contribution is -1.92. The van der Waals surface area contributed by atoms with Crippen LogP contribution >= 0.6 is 11.6 Å². The van der Waals surface area contributed by atoms with E-state index in [1.807, 2.05) is 6.92 Å². The highest BCUT2D eigenvalue weighted by atomic mass is 35.5. The Bertz CT molecular complexity index is 114. The molecule has 1 heteroatoms. The molecule has 0 aliphatic heterocycles. The van der Waals surface area contributed by atoms with Crippen molar-refractivity contribution in [1.82, 2.24) is 0 Å². The van der Waals surface area contributed by atoms with E-state index in [-0.39, 0.29) is 5.38 Å². The van der Waals surface area contributed by atoms with Crippen molar-refractivity contribution in [1.29, 1.82) is 0 Å². The van der Waals surface area contributed by atoms with E-state index >= 15 is 0 Å². The van der Waals surface area contributed by atoms with Gasteiger partial charge in [0.05, 0.1) is 5.38 Å². The Morgan fingerprint density at radius 3 is 2.67 bits per heavy atom. The number of alkyl halides is 1. The highest BCUT2D eigenvalue weighted by molar-refractivity contribution is 6.21. The summed E-state index contributed by atoms with van der Waals surface area (Å²) in [4.78, 5) is 0. The van der Waals surface area contributed by atoms with Crippen LogP contribution in [0.3, 0.4) is 0 Å². The van der Waals surface area contributed by atoms with Gasteiger partial charge in [-0.15, -0.1) is 18.2 Å². The summed E-state index contributed by atoms with van der Waals surface area (Å²) in [5.41, 5.74) is 1.31. The maximum Gasteiger partial charge on any atom is 0.0550 e. The van der Waals surface area contributed by atoms with Gasteiger partial charge < -0.3 is 0 Å². The predicted molar refractivity (Wildman–Crippen MR) is 43.9 cm³/mol. The van der Waals surface area contributed by atoms with Gasteiger partial charge in [-0.1, -0.05) is 17.7 Å². The van der Waals surface area contributed by atoms with Gasteiger partial charge >= 0.3 is 0 Å². The van der Waals surface area contributed by atoms with Gasteiger partial charge in [-0.3, -0.25) is 0 Å². The zero-order valence-corrected chi connectivity index (χ0v) is 6.78. The van der Waals surface area contributed by atoms with Crippen LogP contribution in [-0.2, 0) is 0 Å². The molecule has 0 rings (SSSR count). The zero-order valence-electron chi connectivity index (χ0n) is 6.02. The molecule has 0 aromatic carbocycles. The van der Waals surface area contributed by atoms with Crippen molar-refractivity contribution in [3.8, 4) is 0 Å². The molecule has 0 radical (unpaired) electrons. The predicted octanol–water partition coefficient (Wildman–Crippen LogP) is 3.14. The average Bonchev–Trinajstić information content (AvgIpc) is 1.87. The van der Waals surface area contributed by atoms with E-state index in [9.17, 15) is 0 Å². The van der Waals surface area contributed by atoms with Crippen molar-refractivity contribution < 1.29 is 0 Å². The summed E-state index contributed by atoms with van der Waals surface area (Å²) < 4.78 is 0. The molecular weight excluding hydrogens is 132 g/mol. The maximum absolute atomic E-state index is 5.78. The molecule has 0 aromatic rings. The SMILES string of the molecule is C=CC(Cl)C/C(C)=C\C. The summed E-state index contributed by atoms with van der Waals surface area (Å²) in [5.74, 6) is 0. The Labute approximate surface area is 62.2 Å². The Kier molecular flexibility index (Phi) is 4.51. The first-order chi connectivity index (χ1) is 4.20. The van der Waals surface area contributed by atoms with E-state index in [4.69, 9.17) is 11.6 Å². The second kappa shape index (κ2) is 4.63. The molecule has 0 nitrogen and oxygen atoms in total. The van der Waals surface area contributed by atoms with Gasteiger partial charge in [-0.25, -0.2) is 0 Å². The van der Waals surface area contributed by atoms with Crippen LogP contribution in [0.2, 0.25) is 0 Å². The third-order valence-corrected chi connectivity index (χ3v) is 1.60. The summed E-state index contributed by atoms with van der Waals surface area (Å²) in [7, 11) is 0. The Balaban J connectivity index is 3.59. The van der Waals surface area contributed by atoms with E-state index in [2.05, 4.69) is 19.6 Å². The van der Waals surface area contributed by atoms with Crippen LogP contribution in [-0.4, -0.2) is 5.38 Å². The number of allylic oxidation sites excluding steroid dienone is 3. The summed E-state index contributed by atoms with van der Waals surface area (Å²) in [5, 5.41) is 0.0983. The van der Waals surface area contributed by atoms with Crippen molar-refractivity contribution in [3.63, 3.8) is 0 Å². The summed E-state index contributed by atoms with van der Waals surface area (Å²) in [6.07, 6.45) is 4.75. The van der Waals surface area contributed by atoms with Gasteiger partial charge in [0.2, 0.25) is 0 Å². The molecular formula is C8H13Cl. The minimum atomic E-state index is 0.0983. The Morgan fingerprint density at radius 2 is 2.33 bits per heavy atom. The molecule has 0 aromatic heterocycles. The van der Waals surface area contributed by atoms with Crippen molar-refractivity contribution in [2.45, 2.75) is 25.6 Å². The molecule has 0 heterocycles. The fraction of sp³-hybridized carbons (Fsp3) is 0.500. The number of hydrogen-bond acceptors (Lipinski definition) is 0. The van der Waals surface area contributed by atoms with Crippen LogP contribution in [0.1, 0.15) is 20.3 Å². The molecule has 0 saturated heterocycles. The normalized spacial score (nSPS) is 15.2. The van der Waals surface area contributed by atoms with E-state index in [1.165, 1.54) is 5.57 Å². The largest absolute Gasteiger partial charge is 0.118 e. The lowest BCUT2D eigenvalue weighted by atomic mass is 10.1. The number of halogens is 1. The van der Waals surface area contributed by atoms with Crippen LogP contribution in [0.4, 0.5) is 0 Å². The van der Waals surface area contributed by atoms with Crippen molar-refractivity contribution in [3.05, 3.63) is 24.3 Å². The van der Waals surface area contributed by atoms with Crippen LogP contribution in [0.25, 0.3) is 0 Å². The van der Waals surface area contributed by atoms with Crippen LogP contribution in [0, 0.1) is 0 Å². The molecule has 0 aliphatic carbocycles. The Morgan fingerprint density at radius 1 is 1.78 bits per heavy atom. The highest BCUT2D eigenvalue weighted by Gasteiger charge is 1.97. The average molecular weight is 145 g/mol. The monoisotopic (exact) mass is 144 g/mol. The van der Waals surface area contributed by atoms with Crippen LogP contribution in [0.15, 0.2) is 24.3 Å². The zero-order chi connectivity index (χ0) is 7.28. The molecule has 0 saturated carbocycles. The molecule has 0 N–H and O–H groups in total. The molecule has 0 fully saturated rings. The molecule has 0 spiro atoms. The van der Waals surface area contributed by atoms with Gasteiger partial charge in [0.1, 0.15) is 0 Å². The van der Waals surface area contributed by atoms with Gasteiger partial charge in [0.25, 0.3) is 0 Å². The van der Waals surface area contributed by atoms with Gasteiger partial charge in [-0.2, -0.15) is 0 Å². The first-order valence-electron chi connectivity index (χ1n) is 3.09. The fourth-order valence-corrected chi connectivity index (χ4v) is 0.752. The smallest absolute Gasteiger partial charge is 0.0550 e.